The Kier molecular flexibility index (Phi) is 2.02. The molecule has 0 aliphatic carbocycles. The van der Waals surface area contributed by atoms with Crippen molar-refractivity contribution in [1.82, 2.24) is 0 Å². The summed E-state index contributed by atoms with van der Waals surface area (Å²) in [5.41, 5.74) is 5.19. The number of rotatable bonds is 1. The van der Waals surface area contributed by atoms with Crippen molar-refractivity contribution in [2.24, 2.45) is 5.73 Å². The molecule has 4 N–H and O–H groups in total. The lowest BCUT2D eigenvalue weighted by Gasteiger charge is -2.10. The van der Waals surface area contributed by atoms with Crippen molar-refractivity contribution >= 4 is 0 Å². The van der Waals surface area contributed by atoms with Crippen molar-refractivity contribution in [2.45, 2.75) is 18.3 Å². The van der Waals surface area contributed by atoms with E-state index in [4.69, 9.17) is 20.7 Å². The van der Waals surface area contributed by atoms with Gasteiger partial charge >= 0.3 is 0 Å². The molecular formula is C5H11NO3. The van der Waals surface area contributed by atoms with E-state index in [1.807, 2.05) is 0 Å². The molecule has 0 aromatic heterocycles. The molecule has 4 nitrogen and oxygen atoms in total. The van der Waals surface area contributed by atoms with Crippen LogP contribution in [0.2, 0.25) is 0 Å². The van der Waals surface area contributed by atoms with Crippen LogP contribution in [0.25, 0.3) is 0 Å². The van der Waals surface area contributed by atoms with E-state index in [9.17, 15) is 0 Å². The summed E-state index contributed by atoms with van der Waals surface area (Å²) in [6, 6.07) is 0. The molecule has 0 unspecified atom stereocenters. The second-order valence-corrected chi connectivity index (χ2v) is 2.17. The lowest BCUT2D eigenvalue weighted by atomic mass is 10.1. The van der Waals surface area contributed by atoms with Gasteiger partial charge in [-0.1, -0.05) is 0 Å². The van der Waals surface area contributed by atoms with Crippen LogP contribution in [0.4, 0.5) is 0 Å². The maximum Gasteiger partial charge on any atom is 0.109 e. The molecule has 1 fully saturated rings. The predicted octanol–water partition coefficient (Wildman–Crippen LogP) is -1.93. The van der Waals surface area contributed by atoms with E-state index < -0.39 is 12.2 Å². The fourth-order valence-electron chi connectivity index (χ4n) is 0.875. The Morgan fingerprint density at radius 2 is 2.22 bits per heavy atom. The highest BCUT2D eigenvalue weighted by atomic mass is 16.5. The minimum absolute atomic E-state index is 0.197. The summed E-state index contributed by atoms with van der Waals surface area (Å²) in [6.07, 6.45) is -1.92. The van der Waals surface area contributed by atoms with Gasteiger partial charge in [0.25, 0.3) is 0 Å². The van der Waals surface area contributed by atoms with Gasteiger partial charge in [-0.25, -0.2) is 0 Å². The zero-order chi connectivity index (χ0) is 6.85. The highest BCUT2D eigenvalue weighted by Crippen LogP contribution is 2.12. The third-order valence-electron chi connectivity index (χ3n) is 1.49. The largest absolute Gasteiger partial charge is 0.388 e. The summed E-state index contributed by atoms with van der Waals surface area (Å²) >= 11 is 0. The van der Waals surface area contributed by atoms with Crippen molar-refractivity contribution in [3.63, 3.8) is 0 Å². The topological polar surface area (TPSA) is 75.7 Å². The monoisotopic (exact) mass is 133 g/mol. The number of ether oxygens (including phenoxy) is 1. The molecular weight excluding hydrogens is 122 g/mol. The molecule has 0 aromatic rings. The van der Waals surface area contributed by atoms with Crippen LogP contribution in [0, 0.1) is 0 Å². The SMILES string of the molecule is NC[C@H]1OC[C@H](O)[C@H]1O. The molecule has 0 aromatic carbocycles. The normalized spacial score (nSPS) is 43.7. The maximum atomic E-state index is 9.00. The average Bonchev–Trinajstić information content (AvgIpc) is 2.15. The number of aliphatic hydroxyl groups excluding tert-OH is 2. The summed E-state index contributed by atoms with van der Waals surface area (Å²) in [7, 11) is 0. The van der Waals surface area contributed by atoms with Crippen LogP contribution in [0.15, 0.2) is 0 Å². The van der Waals surface area contributed by atoms with Crippen molar-refractivity contribution in [3.05, 3.63) is 0 Å². The van der Waals surface area contributed by atoms with E-state index in [0.717, 1.165) is 0 Å². The van der Waals surface area contributed by atoms with Crippen molar-refractivity contribution in [1.29, 1.82) is 0 Å². The molecule has 0 saturated carbocycles. The second-order valence-electron chi connectivity index (χ2n) is 2.17. The summed E-state index contributed by atoms with van der Waals surface area (Å²) < 4.78 is 4.90. The summed E-state index contributed by atoms with van der Waals surface area (Å²) in [6.45, 7) is 0.460. The summed E-state index contributed by atoms with van der Waals surface area (Å²) in [4.78, 5) is 0. The maximum absolute atomic E-state index is 9.00. The Morgan fingerprint density at radius 1 is 1.56 bits per heavy atom. The summed E-state index contributed by atoms with van der Waals surface area (Å²) in [5, 5.41) is 17.9. The molecule has 0 bridgehead atoms. The first-order valence-electron chi connectivity index (χ1n) is 2.93. The predicted molar refractivity (Wildman–Crippen MR) is 30.8 cm³/mol. The summed E-state index contributed by atoms with van der Waals surface area (Å²) in [5.74, 6) is 0. The fourth-order valence-corrected chi connectivity index (χ4v) is 0.875. The highest BCUT2D eigenvalue weighted by Gasteiger charge is 2.32. The third-order valence-corrected chi connectivity index (χ3v) is 1.49. The van der Waals surface area contributed by atoms with Crippen LogP contribution in [0.1, 0.15) is 0 Å². The zero-order valence-electron chi connectivity index (χ0n) is 5.03. The van der Waals surface area contributed by atoms with Gasteiger partial charge in [0.2, 0.25) is 0 Å². The molecule has 1 heterocycles. The van der Waals surface area contributed by atoms with E-state index in [1.54, 1.807) is 0 Å². The number of hydrogen-bond donors (Lipinski definition) is 3. The standard InChI is InChI=1S/C5H11NO3/c6-1-4-5(8)3(7)2-9-4/h3-5,7-8H,1-2,6H2/t3-,4+,5+/m0/s1. The third kappa shape index (κ3) is 1.21. The Balaban J connectivity index is 2.41. The molecule has 0 radical (unpaired) electrons. The smallest absolute Gasteiger partial charge is 0.109 e. The van der Waals surface area contributed by atoms with Gasteiger partial charge in [0.15, 0.2) is 0 Å². The Morgan fingerprint density at radius 3 is 2.44 bits per heavy atom. The first kappa shape index (κ1) is 6.95. The Labute approximate surface area is 53.2 Å². The molecule has 0 amide bonds. The molecule has 0 spiro atoms. The van der Waals surface area contributed by atoms with Crippen molar-refractivity contribution in [2.75, 3.05) is 13.2 Å². The minimum atomic E-state index is -0.796. The van der Waals surface area contributed by atoms with Crippen LogP contribution in [0.5, 0.6) is 0 Å². The van der Waals surface area contributed by atoms with Crippen LogP contribution in [-0.4, -0.2) is 41.7 Å². The van der Waals surface area contributed by atoms with E-state index in [2.05, 4.69) is 0 Å². The van der Waals surface area contributed by atoms with E-state index >= 15 is 0 Å². The van der Waals surface area contributed by atoms with Crippen LogP contribution in [0.3, 0.4) is 0 Å². The van der Waals surface area contributed by atoms with Crippen molar-refractivity contribution < 1.29 is 14.9 Å². The molecule has 9 heavy (non-hydrogen) atoms. The lowest BCUT2D eigenvalue weighted by Crippen LogP contribution is -2.34. The van der Waals surface area contributed by atoms with Gasteiger partial charge < -0.3 is 20.7 Å². The van der Waals surface area contributed by atoms with Crippen molar-refractivity contribution in [3.8, 4) is 0 Å². The quantitative estimate of drug-likeness (QED) is 0.389. The van der Waals surface area contributed by atoms with E-state index in [0.29, 0.717) is 0 Å². The fraction of sp³-hybridized carbons (Fsp3) is 1.00. The molecule has 1 aliphatic rings. The van der Waals surface area contributed by atoms with Crippen LogP contribution in [-0.2, 0) is 4.74 Å². The van der Waals surface area contributed by atoms with Gasteiger partial charge in [-0.15, -0.1) is 0 Å². The molecule has 1 saturated heterocycles. The Hall–Kier alpha value is -0.160. The van der Waals surface area contributed by atoms with E-state index in [1.165, 1.54) is 0 Å². The number of aliphatic hydroxyl groups is 2. The van der Waals surface area contributed by atoms with Gasteiger partial charge in [0.1, 0.15) is 12.2 Å². The Bertz CT molecular complexity index is 98.2. The van der Waals surface area contributed by atoms with Crippen LogP contribution < -0.4 is 5.73 Å². The number of hydrogen-bond acceptors (Lipinski definition) is 4. The van der Waals surface area contributed by atoms with Crippen LogP contribution >= 0.6 is 0 Å². The van der Waals surface area contributed by atoms with Gasteiger partial charge in [-0.2, -0.15) is 0 Å². The minimum Gasteiger partial charge on any atom is -0.388 e. The molecule has 54 valence electrons. The average molecular weight is 133 g/mol. The zero-order valence-corrected chi connectivity index (χ0v) is 5.03. The van der Waals surface area contributed by atoms with E-state index in [-0.39, 0.29) is 19.3 Å². The first-order valence-corrected chi connectivity index (χ1v) is 2.93. The number of nitrogens with two attached hydrogens (primary N) is 1. The molecule has 4 heteroatoms. The van der Waals surface area contributed by atoms with Gasteiger partial charge in [0, 0.05) is 6.54 Å². The van der Waals surface area contributed by atoms with Gasteiger partial charge in [-0.3, -0.25) is 0 Å². The molecule has 3 atom stereocenters. The molecule has 1 rings (SSSR count). The second kappa shape index (κ2) is 2.62. The molecule has 1 aliphatic heterocycles. The lowest BCUT2D eigenvalue weighted by molar-refractivity contribution is 0.0276. The highest BCUT2D eigenvalue weighted by molar-refractivity contribution is 4.83. The van der Waals surface area contributed by atoms with Gasteiger partial charge in [-0.05, 0) is 0 Å². The van der Waals surface area contributed by atoms with Gasteiger partial charge in [0.05, 0.1) is 12.7 Å². The first-order chi connectivity index (χ1) is 4.25.